The molecule has 6 rings (SSSR count). The van der Waals surface area contributed by atoms with Gasteiger partial charge in [-0.05, 0) is 43.1 Å². The van der Waals surface area contributed by atoms with Crippen LogP contribution in [0.5, 0.6) is 0 Å². The van der Waals surface area contributed by atoms with E-state index in [4.69, 9.17) is 0 Å². The lowest BCUT2D eigenvalue weighted by Crippen LogP contribution is -1.92. The van der Waals surface area contributed by atoms with Crippen molar-refractivity contribution in [2.75, 3.05) is 0 Å². The van der Waals surface area contributed by atoms with Crippen molar-refractivity contribution >= 4 is 54.5 Å². The summed E-state index contributed by atoms with van der Waals surface area (Å²) < 4.78 is 0. The zero-order valence-electron chi connectivity index (χ0n) is 16.8. The van der Waals surface area contributed by atoms with Gasteiger partial charge in [-0.2, -0.15) is 0 Å². The highest BCUT2D eigenvalue weighted by atomic mass is 16.6. The standard InChI is InChI=1S/C16H8N2O4.C10H8/c19-17(20)13-5-9-1-2-10-6-14(18(21)22)8-12-4-3-11(7-13)15(9)16(10)12;1-2-6-10-8-4-3-7-9(10)5-1/h1-8H;1-8H. The molecule has 0 amide bonds. The third-order valence-corrected chi connectivity index (χ3v) is 5.58. The molecule has 0 aromatic heterocycles. The molecule has 0 bridgehead atoms. The van der Waals surface area contributed by atoms with Crippen LogP contribution >= 0.6 is 0 Å². The predicted molar refractivity (Wildman–Crippen MR) is 127 cm³/mol. The molecule has 154 valence electrons. The van der Waals surface area contributed by atoms with Crippen molar-refractivity contribution < 1.29 is 9.85 Å². The van der Waals surface area contributed by atoms with Crippen LogP contribution in [-0.4, -0.2) is 9.85 Å². The van der Waals surface area contributed by atoms with Crippen molar-refractivity contribution in [1.29, 1.82) is 0 Å². The number of fused-ring (bicyclic) bond motifs is 1. The zero-order chi connectivity index (χ0) is 22.2. The first-order valence-electron chi connectivity index (χ1n) is 9.96. The summed E-state index contributed by atoms with van der Waals surface area (Å²) in [4.78, 5) is 21.2. The molecule has 0 aliphatic rings. The fraction of sp³-hybridized carbons (Fsp3) is 0. The number of hydrogen-bond donors (Lipinski definition) is 0. The van der Waals surface area contributed by atoms with E-state index in [0.29, 0.717) is 0 Å². The molecule has 6 heteroatoms. The van der Waals surface area contributed by atoms with E-state index in [1.807, 2.05) is 0 Å². The summed E-state index contributed by atoms with van der Waals surface area (Å²) in [5, 5.41) is 29.5. The monoisotopic (exact) mass is 420 g/mol. The lowest BCUT2D eigenvalue weighted by molar-refractivity contribution is -0.384. The molecule has 0 unspecified atom stereocenters. The molecule has 0 heterocycles. The summed E-state index contributed by atoms with van der Waals surface area (Å²) in [6.45, 7) is 0. The van der Waals surface area contributed by atoms with Crippen LogP contribution in [-0.2, 0) is 0 Å². The molecule has 0 aliphatic carbocycles. The van der Waals surface area contributed by atoms with E-state index in [2.05, 4.69) is 48.5 Å². The SMILES string of the molecule is O=[N+]([O-])c1cc2ccc3cc([N+](=O)[O-])cc4ccc(c1)c2c34.c1ccc2ccccc2c1. The zero-order valence-corrected chi connectivity index (χ0v) is 16.8. The van der Waals surface area contributed by atoms with Crippen LogP contribution < -0.4 is 0 Å². The highest BCUT2D eigenvalue weighted by Crippen LogP contribution is 2.38. The summed E-state index contributed by atoms with van der Waals surface area (Å²) >= 11 is 0. The highest BCUT2D eigenvalue weighted by molar-refractivity contribution is 6.23. The molecule has 6 aromatic carbocycles. The maximum atomic E-state index is 11.0. The van der Waals surface area contributed by atoms with Crippen molar-refractivity contribution in [3.63, 3.8) is 0 Å². The summed E-state index contributed by atoms with van der Waals surface area (Å²) in [6, 6.07) is 29.9. The van der Waals surface area contributed by atoms with E-state index < -0.39 is 9.85 Å². The second kappa shape index (κ2) is 7.59. The Kier molecular flexibility index (Phi) is 4.60. The van der Waals surface area contributed by atoms with Crippen molar-refractivity contribution in [3.05, 3.63) is 117 Å². The number of hydrogen-bond acceptors (Lipinski definition) is 4. The van der Waals surface area contributed by atoms with Crippen LogP contribution in [0.25, 0.3) is 43.1 Å². The van der Waals surface area contributed by atoms with Crippen LogP contribution in [0.3, 0.4) is 0 Å². The van der Waals surface area contributed by atoms with E-state index in [0.717, 1.165) is 32.3 Å². The molecule has 0 saturated carbocycles. The molecule has 6 nitrogen and oxygen atoms in total. The number of nitro benzene ring substituents is 2. The average Bonchev–Trinajstić information content (AvgIpc) is 2.82. The van der Waals surface area contributed by atoms with Gasteiger partial charge in [0.05, 0.1) is 9.85 Å². The van der Waals surface area contributed by atoms with Crippen LogP contribution in [0, 0.1) is 20.2 Å². The van der Waals surface area contributed by atoms with Crippen LogP contribution in [0.2, 0.25) is 0 Å². The second-order valence-electron chi connectivity index (χ2n) is 7.53. The molecule has 6 aromatic rings. The third kappa shape index (κ3) is 3.33. The Morgan fingerprint density at radius 2 is 0.719 bits per heavy atom. The Morgan fingerprint density at radius 3 is 0.969 bits per heavy atom. The van der Waals surface area contributed by atoms with Gasteiger partial charge in [-0.1, -0.05) is 72.8 Å². The van der Waals surface area contributed by atoms with Gasteiger partial charge in [0.25, 0.3) is 11.4 Å². The molecule has 0 N–H and O–H groups in total. The first-order chi connectivity index (χ1) is 15.5. The van der Waals surface area contributed by atoms with Crippen LogP contribution in [0.15, 0.2) is 97.1 Å². The first-order valence-corrected chi connectivity index (χ1v) is 9.96. The molecule has 0 spiro atoms. The van der Waals surface area contributed by atoms with Gasteiger partial charge >= 0.3 is 0 Å². The Labute approximate surface area is 182 Å². The number of non-ortho nitro benzene ring substituents is 2. The smallest absolute Gasteiger partial charge is 0.258 e. The highest BCUT2D eigenvalue weighted by Gasteiger charge is 2.16. The minimum Gasteiger partial charge on any atom is -0.258 e. The Hall–Kier alpha value is -4.58. The van der Waals surface area contributed by atoms with E-state index in [-0.39, 0.29) is 11.4 Å². The lowest BCUT2D eigenvalue weighted by atomic mass is 9.93. The maximum Gasteiger partial charge on any atom is 0.270 e. The van der Waals surface area contributed by atoms with Crippen LogP contribution in [0.4, 0.5) is 11.4 Å². The van der Waals surface area contributed by atoms with Crippen molar-refractivity contribution in [1.82, 2.24) is 0 Å². The third-order valence-electron chi connectivity index (χ3n) is 5.58. The summed E-state index contributed by atoms with van der Waals surface area (Å²) in [5.74, 6) is 0. The molecule has 0 atom stereocenters. The average molecular weight is 420 g/mol. The van der Waals surface area contributed by atoms with Crippen molar-refractivity contribution in [3.8, 4) is 0 Å². The van der Waals surface area contributed by atoms with Gasteiger partial charge in [-0.3, -0.25) is 20.2 Å². The van der Waals surface area contributed by atoms with Crippen LogP contribution in [0.1, 0.15) is 0 Å². The fourth-order valence-electron chi connectivity index (χ4n) is 4.15. The number of benzene rings is 6. The molecule has 0 fully saturated rings. The van der Waals surface area contributed by atoms with Crippen molar-refractivity contribution in [2.24, 2.45) is 0 Å². The minimum atomic E-state index is -0.417. The summed E-state index contributed by atoms with van der Waals surface area (Å²) in [7, 11) is 0. The van der Waals surface area contributed by atoms with Gasteiger partial charge in [0.15, 0.2) is 0 Å². The summed E-state index contributed by atoms with van der Waals surface area (Å²) in [6.07, 6.45) is 0. The Bertz CT molecular complexity index is 1420. The number of nitrogens with zero attached hydrogens (tertiary/aromatic N) is 2. The Morgan fingerprint density at radius 1 is 0.438 bits per heavy atom. The largest absolute Gasteiger partial charge is 0.270 e. The number of rotatable bonds is 2. The van der Waals surface area contributed by atoms with E-state index in [1.54, 1.807) is 24.3 Å². The predicted octanol–water partition coefficient (Wildman–Crippen LogP) is 7.24. The fourth-order valence-corrected chi connectivity index (χ4v) is 4.15. The molecule has 32 heavy (non-hydrogen) atoms. The van der Waals surface area contributed by atoms with Gasteiger partial charge in [-0.15, -0.1) is 0 Å². The normalized spacial score (nSPS) is 11.0. The maximum absolute atomic E-state index is 11.0. The Balaban J connectivity index is 0.000000180. The summed E-state index contributed by atoms with van der Waals surface area (Å²) in [5.41, 5.74) is 0.0775. The van der Waals surface area contributed by atoms with Gasteiger partial charge in [0, 0.05) is 24.3 Å². The molecular weight excluding hydrogens is 404 g/mol. The second-order valence-corrected chi connectivity index (χ2v) is 7.53. The van der Waals surface area contributed by atoms with Gasteiger partial charge in [-0.25, -0.2) is 0 Å². The molecule has 0 saturated heterocycles. The van der Waals surface area contributed by atoms with Gasteiger partial charge in [0.1, 0.15) is 0 Å². The van der Waals surface area contributed by atoms with Crippen molar-refractivity contribution in [2.45, 2.75) is 0 Å². The van der Waals surface area contributed by atoms with Gasteiger partial charge < -0.3 is 0 Å². The quantitative estimate of drug-likeness (QED) is 0.168. The van der Waals surface area contributed by atoms with E-state index in [1.165, 1.54) is 35.0 Å². The molecule has 0 aliphatic heterocycles. The molecular formula is C26H16N2O4. The lowest BCUT2D eigenvalue weighted by Gasteiger charge is -2.10. The van der Waals surface area contributed by atoms with Gasteiger partial charge in [0.2, 0.25) is 0 Å². The molecule has 0 radical (unpaired) electrons. The topological polar surface area (TPSA) is 86.3 Å². The van der Waals surface area contributed by atoms with E-state index in [9.17, 15) is 20.2 Å². The first kappa shape index (κ1) is 19.4. The van der Waals surface area contributed by atoms with E-state index >= 15 is 0 Å². The number of nitro groups is 2. The minimum absolute atomic E-state index is 0.0388.